The molecule has 1 N–H and O–H groups in total. The zero-order valence-electron chi connectivity index (χ0n) is 12.4. The Bertz CT molecular complexity index is 194. The van der Waals surface area contributed by atoms with Gasteiger partial charge >= 0.3 is 0 Å². The third-order valence-electron chi connectivity index (χ3n) is 3.44. The quantitative estimate of drug-likeness (QED) is 0.763. The molecule has 1 fully saturated rings. The average molecular weight is 241 g/mol. The van der Waals surface area contributed by atoms with E-state index in [4.69, 9.17) is 0 Å². The molecule has 17 heavy (non-hydrogen) atoms. The number of likely N-dealkylation sites (N-methyl/N-ethyl adjacent to an activating group) is 2. The summed E-state index contributed by atoms with van der Waals surface area (Å²) in [6, 6.07) is 1.33. The van der Waals surface area contributed by atoms with Crippen molar-refractivity contribution in [2.75, 3.05) is 40.8 Å². The summed E-state index contributed by atoms with van der Waals surface area (Å²) in [4.78, 5) is 4.75. The summed E-state index contributed by atoms with van der Waals surface area (Å²) in [7, 11) is 6.57. The van der Waals surface area contributed by atoms with Crippen molar-refractivity contribution in [2.24, 2.45) is 5.92 Å². The van der Waals surface area contributed by atoms with E-state index in [-0.39, 0.29) is 0 Å². The molecular formula is C14H31N3. The van der Waals surface area contributed by atoms with Gasteiger partial charge in [0.15, 0.2) is 0 Å². The highest BCUT2D eigenvalue weighted by atomic mass is 15.2. The topological polar surface area (TPSA) is 18.5 Å². The SMILES string of the molecule is CC(C)CC(CN(C)C)NC1CCCN(C)C1. The van der Waals surface area contributed by atoms with Crippen molar-refractivity contribution in [1.82, 2.24) is 15.1 Å². The zero-order chi connectivity index (χ0) is 12.8. The molecule has 0 aromatic heterocycles. The molecule has 1 aliphatic rings. The molecule has 3 nitrogen and oxygen atoms in total. The van der Waals surface area contributed by atoms with E-state index < -0.39 is 0 Å². The number of piperidine rings is 1. The zero-order valence-corrected chi connectivity index (χ0v) is 12.4. The summed E-state index contributed by atoms with van der Waals surface area (Å²) < 4.78 is 0. The first-order chi connectivity index (χ1) is 7.97. The van der Waals surface area contributed by atoms with Crippen LogP contribution >= 0.6 is 0 Å². The molecule has 2 unspecified atom stereocenters. The minimum absolute atomic E-state index is 0.640. The Labute approximate surface area is 108 Å². The Hall–Kier alpha value is -0.120. The van der Waals surface area contributed by atoms with Gasteiger partial charge in [-0.25, -0.2) is 0 Å². The lowest BCUT2D eigenvalue weighted by Gasteiger charge is -2.34. The Morgan fingerprint density at radius 2 is 2.06 bits per heavy atom. The van der Waals surface area contributed by atoms with Crippen LogP contribution in [0.1, 0.15) is 33.1 Å². The molecule has 0 bridgehead atoms. The van der Waals surface area contributed by atoms with Gasteiger partial charge in [0.05, 0.1) is 0 Å². The predicted octanol–water partition coefficient (Wildman–Crippen LogP) is 1.65. The van der Waals surface area contributed by atoms with Crippen LogP contribution in [0.25, 0.3) is 0 Å². The highest BCUT2D eigenvalue weighted by Gasteiger charge is 2.21. The van der Waals surface area contributed by atoms with Crippen molar-refractivity contribution < 1.29 is 0 Å². The largest absolute Gasteiger partial charge is 0.309 e. The number of hydrogen-bond donors (Lipinski definition) is 1. The highest BCUT2D eigenvalue weighted by Crippen LogP contribution is 2.12. The lowest BCUT2D eigenvalue weighted by molar-refractivity contribution is 0.198. The number of rotatable bonds is 6. The van der Waals surface area contributed by atoms with Crippen LogP contribution in [0, 0.1) is 5.92 Å². The molecule has 0 amide bonds. The summed E-state index contributed by atoms with van der Waals surface area (Å²) >= 11 is 0. The molecule has 1 heterocycles. The highest BCUT2D eigenvalue weighted by molar-refractivity contribution is 4.82. The summed E-state index contributed by atoms with van der Waals surface area (Å²) in [6.07, 6.45) is 3.95. The van der Waals surface area contributed by atoms with Crippen LogP contribution in [0.15, 0.2) is 0 Å². The minimum atomic E-state index is 0.640. The van der Waals surface area contributed by atoms with Gasteiger partial charge in [0.25, 0.3) is 0 Å². The molecule has 2 atom stereocenters. The summed E-state index contributed by atoms with van der Waals surface area (Å²) in [5.74, 6) is 0.772. The van der Waals surface area contributed by atoms with Crippen molar-refractivity contribution in [3.05, 3.63) is 0 Å². The maximum Gasteiger partial charge on any atom is 0.0200 e. The van der Waals surface area contributed by atoms with E-state index >= 15 is 0 Å². The van der Waals surface area contributed by atoms with E-state index in [0.717, 1.165) is 12.5 Å². The van der Waals surface area contributed by atoms with Gasteiger partial charge in [-0.1, -0.05) is 13.8 Å². The summed E-state index contributed by atoms with van der Waals surface area (Å²) in [5.41, 5.74) is 0. The van der Waals surface area contributed by atoms with Crippen LogP contribution in [0.2, 0.25) is 0 Å². The molecular weight excluding hydrogens is 210 g/mol. The van der Waals surface area contributed by atoms with Gasteiger partial charge in [-0.05, 0) is 52.9 Å². The van der Waals surface area contributed by atoms with E-state index in [1.54, 1.807) is 0 Å². The predicted molar refractivity (Wildman–Crippen MR) is 75.5 cm³/mol. The molecule has 102 valence electrons. The van der Waals surface area contributed by atoms with E-state index in [0.29, 0.717) is 12.1 Å². The second kappa shape index (κ2) is 7.34. The van der Waals surface area contributed by atoms with Gasteiger partial charge in [0, 0.05) is 25.2 Å². The Morgan fingerprint density at radius 3 is 2.59 bits per heavy atom. The van der Waals surface area contributed by atoms with Crippen molar-refractivity contribution >= 4 is 0 Å². The molecule has 0 aliphatic carbocycles. The van der Waals surface area contributed by atoms with Crippen LogP contribution in [-0.4, -0.2) is 62.7 Å². The lowest BCUT2D eigenvalue weighted by atomic mass is 10.00. The van der Waals surface area contributed by atoms with Gasteiger partial charge in [0.2, 0.25) is 0 Å². The normalized spacial score (nSPS) is 24.5. The Balaban J connectivity index is 2.40. The molecule has 0 aromatic rings. The van der Waals surface area contributed by atoms with Gasteiger partial charge < -0.3 is 15.1 Å². The minimum Gasteiger partial charge on any atom is -0.309 e. The lowest BCUT2D eigenvalue weighted by Crippen LogP contribution is -2.50. The maximum atomic E-state index is 3.87. The molecule has 1 saturated heterocycles. The first-order valence-corrected chi connectivity index (χ1v) is 7.06. The van der Waals surface area contributed by atoms with Crippen molar-refractivity contribution in [2.45, 2.75) is 45.2 Å². The summed E-state index contributed by atoms with van der Waals surface area (Å²) in [5, 5.41) is 3.87. The van der Waals surface area contributed by atoms with Crippen LogP contribution in [0.3, 0.4) is 0 Å². The fraction of sp³-hybridized carbons (Fsp3) is 1.00. The van der Waals surface area contributed by atoms with Gasteiger partial charge in [-0.2, -0.15) is 0 Å². The van der Waals surface area contributed by atoms with Gasteiger partial charge in [-0.15, -0.1) is 0 Å². The van der Waals surface area contributed by atoms with Gasteiger partial charge in [0.1, 0.15) is 0 Å². The molecule has 0 spiro atoms. The molecule has 0 saturated carbocycles. The number of nitrogens with zero attached hydrogens (tertiary/aromatic N) is 2. The van der Waals surface area contributed by atoms with E-state index in [2.05, 4.69) is 50.1 Å². The van der Waals surface area contributed by atoms with E-state index in [1.165, 1.54) is 32.4 Å². The first-order valence-electron chi connectivity index (χ1n) is 7.06. The Morgan fingerprint density at radius 1 is 1.35 bits per heavy atom. The van der Waals surface area contributed by atoms with E-state index in [9.17, 15) is 0 Å². The fourth-order valence-electron chi connectivity index (χ4n) is 2.84. The fourth-order valence-corrected chi connectivity index (χ4v) is 2.84. The second-order valence-corrected chi connectivity index (χ2v) is 6.36. The number of nitrogens with one attached hydrogen (secondary N) is 1. The Kier molecular flexibility index (Phi) is 6.45. The molecule has 1 rings (SSSR count). The monoisotopic (exact) mass is 241 g/mol. The molecule has 0 aromatic carbocycles. The third kappa shape index (κ3) is 6.39. The van der Waals surface area contributed by atoms with Crippen LogP contribution in [-0.2, 0) is 0 Å². The van der Waals surface area contributed by atoms with Crippen LogP contribution in [0.4, 0.5) is 0 Å². The van der Waals surface area contributed by atoms with Crippen molar-refractivity contribution in [3.8, 4) is 0 Å². The average Bonchev–Trinajstić information content (AvgIpc) is 2.14. The smallest absolute Gasteiger partial charge is 0.0200 e. The maximum absolute atomic E-state index is 3.87. The molecule has 0 radical (unpaired) electrons. The standard InChI is InChI=1S/C14H31N3/c1-12(2)9-14(10-16(3)4)15-13-7-6-8-17(5)11-13/h12-15H,6-11H2,1-5H3. The summed E-state index contributed by atoms with van der Waals surface area (Å²) in [6.45, 7) is 8.26. The first kappa shape index (κ1) is 14.9. The van der Waals surface area contributed by atoms with Crippen molar-refractivity contribution in [1.29, 1.82) is 0 Å². The van der Waals surface area contributed by atoms with Gasteiger partial charge in [-0.3, -0.25) is 0 Å². The van der Waals surface area contributed by atoms with Crippen LogP contribution in [0.5, 0.6) is 0 Å². The van der Waals surface area contributed by atoms with Crippen molar-refractivity contribution in [3.63, 3.8) is 0 Å². The van der Waals surface area contributed by atoms with E-state index in [1.807, 2.05) is 0 Å². The third-order valence-corrected chi connectivity index (χ3v) is 3.44. The molecule has 3 heteroatoms. The second-order valence-electron chi connectivity index (χ2n) is 6.36. The number of likely N-dealkylation sites (tertiary alicyclic amines) is 1. The van der Waals surface area contributed by atoms with Crippen LogP contribution < -0.4 is 5.32 Å². The molecule has 1 aliphatic heterocycles. The number of hydrogen-bond acceptors (Lipinski definition) is 3.